The summed E-state index contributed by atoms with van der Waals surface area (Å²) in [5, 5.41) is 2.98. The van der Waals surface area contributed by atoms with Crippen molar-refractivity contribution in [2.75, 3.05) is 38.1 Å². The van der Waals surface area contributed by atoms with Crippen LogP contribution in [0.25, 0.3) is 10.6 Å². The van der Waals surface area contributed by atoms with Crippen molar-refractivity contribution in [2.24, 2.45) is 0 Å². The summed E-state index contributed by atoms with van der Waals surface area (Å²) in [4.78, 5) is 33.6. The van der Waals surface area contributed by atoms with Crippen LogP contribution in [0.15, 0.2) is 36.9 Å². The minimum atomic E-state index is -3.44. The van der Waals surface area contributed by atoms with E-state index in [2.05, 4.69) is 34.9 Å². The molecule has 208 valence electrons. The molecule has 0 spiro atoms. The Labute approximate surface area is 231 Å². The second-order valence-electron chi connectivity index (χ2n) is 9.49. The van der Waals surface area contributed by atoms with Crippen LogP contribution in [0.4, 0.5) is 5.69 Å². The van der Waals surface area contributed by atoms with Gasteiger partial charge in [-0.05, 0) is 45.4 Å². The Balaban J connectivity index is 1.36. The van der Waals surface area contributed by atoms with Gasteiger partial charge in [-0.3, -0.25) is 24.4 Å². The van der Waals surface area contributed by atoms with Crippen LogP contribution in [0.2, 0.25) is 0 Å². The number of ether oxygens (including phenoxy) is 2. The van der Waals surface area contributed by atoms with Gasteiger partial charge in [0.25, 0.3) is 5.91 Å². The van der Waals surface area contributed by atoms with Crippen LogP contribution < -0.4 is 14.8 Å². The number of amides is 1. The lowest BCUT2D eigenvalue weighted by molar-refractivity contribution is -0.000819. The molecule has 2 N–H and O–H groups in total. The molecule has 1 amide bonds. The molecule has 5 rings (SSSR count). The maximum atomic E-state index is 13.4. The van der Waals surface area contributed by atoms with Gasteiger partial charge in [-0.25, -0.2) is 18.4 Å². The first-order valence-corrected chi connectivity index (χ1v) is 15.2. The Kier molecular flexibility index (Phi) is 8.35. The van der Waals surface area contributed by atoms with Gasteiger partial charge in [-0.15, -0.1) is 11.3 Å². The average molecular weight is 574 g/mol. The van der Waals surface area contributed by atoms with Crippen LogP contribution >= 0.6 is 11.3 Å². The van der Waals surface area contributed by atoms with E-state index in [1.165, 1.54) is 17.5 Å². The number of aromatic nitrogens is 4. The lowest BCUT2D eigenvalue weighted by atomic mass is 10.0. The summed E-state index contributed by atoms with van der Waals surface area (Å²) < 4.78 is 38.8. The predicted octanol–water partition coefficient (Wildman–Crippen LogP) is 2.49. The third kappa shape index (κ3) is 6.87. The second-order valence-corrected chi connectivity index (χ2v) is 12.5. The number of carbonyl (C=O) groups is 1. The van der Waals surface area contributed by atoms with E-state index >= 15 is 0 Å². The zero-order valence-corrected chi connectivity index (χ0v) is 23.4. The summed E-state index contributed by atoms with van der Waals surface area (Å²) in [6, 6.07) is 2.82. The molecule has 2 aliphatic rings. The number of thiazole rings is 1. The molecule has 2 atom stereocenters. The number of nitrogens with one attached hydrogen (secondary N) is 2. The maximum Gasteiger partial charge on any atom is 0.280 e. The number of anilines is 1. The first kappa shape index (κ1) is 27.4. The van der Waals surface area contributed by atoms with E-state index in [0.29, 0.717) is 66.9 Å². The molecule has 39 heavy (non-hydrogen) atoms. The van der Waals surface area contributed by atoms with Crippen LogP contribution in [0, 0.1) is 0 Å². The standard InChI is InChI=1S/C25H31N7O5S2/c1-3-37-23-14-26-12-21(29-23)22-13-28-25(38-22)24(33)30-20(11-17-15-36-9-8-32(17)2)19-10-16(6-7-27-19)31-39(34,35)18-4-5-18/h6-7,10,12-14,17-18,20H,3-5,8-9,11,15H2,1-2H3,(H,27,31)(H,30,33)/t17-,20+/m0/s1. The Morgan fingerprint density at radius 3 is 2.90 bits per heavy atom. The molecule has 0 unspecified atom stereocenters. The van der Waals surface area contributed by atoms with Gasteiger partial charge >= 0.3 is 0 Å². The minimum Gasteiger partial charge on any atom is -0.477 e. The molecule has 12 nitrogen and oxygen atoms in total. The van der Waals surface area contributed by atoms with Gasteiger partial charge in [0, 0.05) is 25.0 Å². The fraction of sp³-hybridized carbons (Fsp3) is 0.480. The average Bonchev–Trinajstić information content (AvgIpc) is 3.68. The monoisotopic (exact) mass is 573 g/mol. The van der Waals surface area contributed by atoms with Crippen molar-refractivity contribution in [2.45, 2.75) is 43.5 Å². The maximum absolute atomic E-state index is 13.4. The van der Waals surface area contributed by atoms with Crippen molar-refractivity contribution in [3.63, 3.8) is 0 Å². The first-order valence-electron chi connectivity index (χ1n) is 12.8. The van der Waals surface area contributed by atoms with E-state index in [4.69, 9.17) is 9.47 Å². The van der Waals surface area contributed by atoms with Crippen molar-refractivity contribution < 1.29 is 22.7 Å². The highest BCUT2D eigenvalue weighted by molar-refractivity contribution is 7.93. The molecule has 14 heteroatoms. The normalized spacial score (nSPS) is 18.9. The van der Waals surface area contributed by atoms with Crippen LogP contribution in [0.1, 0.15) is 47.7 Å². The molecule has 0 bridgehead atoms. The second kappa shape index (κ2) is 11.9. The number of likely N-dealkylation sites (N-methyl/N-ethyl adjacent to an activating group) is 1. The first-order chi connectivity index (χ1) is 18.8. The molecule has 4 heterocycles. The number of pyridine rings is 1. The summed E-state index contributed by atoms with van der Waals surface area (Å²) in [5.41, 5.74) is 1.53. The number of sulfonamides is 1. The molecule has 1 saturated carbocycles. The van der Waals surface area contributed by atoms with Gasteiger partial charge in [0.2, 0.25) is 15.9 Å². The largest absolute Gasteiger partial charge is 0.477 e. The van der Waals surface area contributed by atoms with Crippen LogP contribution in [0.3, 0.4) is 0 Å². The number of carbonyl (C=O) groups excluding carboxylic acids is 1. The van der Waals surface area contributed by atoms with E-state index in [1.54, 1.807) is 30.7 Å². The Bertz CT molecular complexity index is 1410. The fourth-order valence-corrected chi connectivity index (χ4v) is 6.39. The number of rotatable bonds is 11. The summed E-state index contributed by atoms with van der Waals surface area (Å²) in [6.45, 7) is 4.28. The van der Waals surface area contributed by atoms with Crippen LogP contribution in [-0.4, -0.2) is 83.9 Å². The van der Waals surface area contributed by atoms with Gasteiger partial charge in [0.15, 0.2) is 5.01 Å². The van der Waals surface area contributed by atoms with Crippen molar-refractivity contribution in [1.82, 2.24) is 30.2 Å². The third-order valence-corrected chi connectivity index (χ3v) is 9.44. The molecular weight excluding hydrogens is 542 g/mol. The highest BCUT2D eigenvalue weighted by atomic mass is 32.2. The molecular formula is C25H31N7O5S2. The smallest absolute Gasteiger partial charge is 0.280 e. The lowest BCUT2D eigenvalue weighted by Gasteiger charge is -2.34. The summed E-state index contributed by atoms with van der Waals surface area (Å²) in [6.07, 6.45) is 8.11. The van der Waals surface area contributed by atoms with Crippen molar-refractivity contribution in [3.05, 3.63) is 47.6 Å². The van der Waals surface area contributed by atoms with Crippen molar-refractivity contribution in [1.29, 1.82) is 0 Å². The molecule has 0 radical (unpaired) electrons. The number of nitrogens with zero attached hydrogens (tertiary/aromatic N) is 5. The van der Waals surface area contributed by atoms with Crippen LogP contribution in [-0.2, 0) is 14.8 Å². The quantitative estimate of drug-likeness (QED) is 0.350. The molecule has 3 aromatic rings. The third-order valence-electron chi connectivity index (χ3n) is 6.55. The van der Waals surface area contributed by atoms with E-state index < -0.39 is 16.1 Å². The fourth-order valence-electron chi connectivity index (χ4n) is 4.24. The summed E-state index contributed by atoms with van der Waals surface area (Å²) >= 11 is 1.20. The van der Waals surface area contributed by atoms with Crippen molar-refractivity contribution >= 4 is 33.0 Å². The minimum absolute atomic E-state index is 0.0427. The highest BCUT2D eigenvalue weighted by Gasteiger charge is 2.36. The number of morpholine rings is 1. The van der Waals surface area contributed by atoms with Gasteiger partial charge in [-0.2, -0.15) is 0 Å². The van der Waals surface area contributed by atoms with Crippen molar-refractivity contribution in [3.8, 4) is 16.5 Å². The number of hydrogen-bond acceptors (Lipinski definition) is 11. The van der Waals surface area contributed by atoms with E-state index in [1.807, 2.05) is 14.0 Å². The summed E-state index contributed by atoms with van der Waals surface area (Å²) in [5.74, 6) is 0.0341. The highest BCUT2D eigenvalue weighted by Crippen LogP contribution is 2.31. The van der Waals surface area contributed by atoms with Gasteiger partial charge in [-0.1, -0.05) is 0 Å². The SMILES string of the molecule is CCOc1cncc(-c2cnc(C(=O)N[C@H](C[C@H]3COCCN3C)c3cc(NS(=O)(=O)C4CC4)ccn3)s2)n1. The zero-order chi connectivity index (χ0) is 27.4. The molecule has 3 aromatic heterocycles. The molecule has 1 aliphatic heterocycles. The zero-order valence-electron chi connectivity index (χ0n) is 21.7. The van der Waals surface area contributed by atoms with Gasteiger partial charge in [0.05, 0.1) is 59.8 Å². The van der Waals surface area contributed by atoms with Gasteiger partial charge in [0.1, 0.15) is 5.69 Å². The molecule has 1 saturated heterocycles. The van der Waals surface area contributed by atoms with E-state index in [0.717, 1.165) is 6.54 Å². The Morgan fingerprint density at radius 1 is 1.28 bits per heavy atom. The predicted molar refractivity (Wildman–Crippen MR) is 146 cm³/mol. The topological polar surface area (TPSA) is 149 Å². The summed E-state index contributed by atoms with van der Waals surface area (Å²) in [7, 11) is -1.42. The Morgan fingerprint density at radius 2 is 2.13 bits per heavy atom. The van der Waals surface area contributed by atoms with Crippen LogP contribution in [0.5, 0.6) is 5.88 Å². The molecule has 0 aromatic carbocycles. The lowest BCUT2D eigenvalue weighted by Crippen LogP contribution is -2.45. The van der Waals surface area contributed by atoms with Gasteiger partial charge < -0.3 is 14.8 Å². The molecule has 1 aliphatic carbocycles. The molecule has 2 fully saturated rings. The van der Waals surface area contributed by atoms with E-state index in [-0.39, 0.29) is 22.2 Å². The van der Waals surface area contributed by atoms with E-state index in [9.17, 15) is 13.2 Å². The number of hydrogen-bond donors (Lipinski definition) is 2. The Hall–Kier alpha value is -3.20.